The number of carbonyl (C=O) groups excluding carboxylic acids is 1. The van der Waals surface area contributed by atoms with Gasteiger partial charge in [0.05, 0.1) is 12.0 Å². The summed E-state index contributed by atoms with van der Waals surface area (Å²) in [6.45, 7) is 0. The lowest BCUT2D eigenvalue weighted by atomic mass is 10.2. The first-order chi connectivity index (χ1) is 10.5. The molecule has 0 radical (unpaired) electrons. The van der Waals surface area contributed by atoms with Crippen molar-refractivity contribution in [2.75, 3.05) is 18.9 Å². The van der Waals surface area contributed by atoms with Crippen LogP contribution in [0.2, 0.25) is 0 Å². The summed E-state index contributed by atoms with van der Waals surface area (Å²) in [6, 6.07) is 12.3. The molecule has 0 unspecified atom stereocenters. The molecule has 0 spiro atoms. The van der Waals surface area contributed by atoms with Crippen molar-refractivity contribution >= 4 is 21.6 Å². The van der Waals surface area contributed by atoms with Gasteiger partial charge in [-0.25, -0.2) is 8.42 Å². The van der Waals surface area contributed by atoms with Crippen LogP contribution in [-0.4, -0.2) is 28.5 Å². The average molecular weight is 320 g/mol. The molecule has 0 aliphatic carbocycles. The Balaban J connectivity index is 2.23. The molecule has 0 aliphatic heterocycles. The van der Waals surface area contributed by atoms with Crippen LogP contribution in [0.1, 0.15) is 10.4 Å². The van der Waals surface area contributed by atoms with E-state index in [0.29, 0.717) is 17.0 Å². The monoisotopic (exact) mass is 320 g/mol. The Bertz CT molecular complexity index is 770. The Hall–Kier alpha value is -2.54. The van der Waals surface area contributed by atoms with E-state index >= 15 is 0 Å². The van der Waals surface area contributed by atoms with Gasteiger partial charge in [-0.2, -0.15) is 0 Å². The SMILES string of the molecule is CNC(=O)c1ccc(NS(=O)(=O)c2cccc(OC)c2)cc1. The molecule has 0 saturated carbocycles. The molecule has 0 bridgehead atoms. The molecule has 2 rings (SSSR count). The molecule has 0 saturated heterocycles. The van der Waals surface area contributed by atoms with Crippen molar-refractivity contribution < 1.29 is 17.9 Å². The summed E-state index contributed by atoms with van der Waals surface area (Å²) in [5.74, 6) is 0.222. The van der Waals surface area contributed by atoms with Gasteiger partial charge in [0, 0.05) is 24.4 Å². The van der Waals surface area contributed by atoms with Gasteiger partial charge in [-0.1, -0.05) is 6.07 Å². The van der Waals surface area contributed by atoms with Crippen LogP contribution in [0.15, 0.2) is 53.4 Å². The number of sulfonamides is 1. The third kappa shape index (κ3) is 3.56. The van der Waals surface area contributed by atoms with Crippen molar-refractivity contribution in [3.8, 4) is 5.75 Å². The molecule has 0 heterocycles. The molecular weight excluding hydrogens is 304 g/mol. The second-order valence-corrected chi connectivity index (χ2v) is 6.12. The fraction of sp³-hybridized carbons (Fsp3) is 0.133. The van der Waals surface area contributed by atoms with Crippen molar-refractivity contribution in [1.29, 1.82) is 0 Å². The molecule has 0 fully saturated rings. The lowest BCUT2D eigenvalue weighted by Gasteiger charge is -2.09. The quantitative estimate of drug-likeness (QED) is 0.880. The third-order valence-corrected chi connectivity index (χ3v) is 4.36. The molecule has 0 aromatic heterocycles. The standard InChI is InChI=1S/C15H16N2O4S/c1-16-15(18)11-6-8-12(9-7-11)17-22(19,20)14-5-3-4-13(10-14)21-2/h3-10,17H,1-2H3,(H,16,18). The van der Waals surface area contributed by atoms with Crippen LogP contribution in [0.5, 0.6) is 5.75 Å². The number of ether oxygens (including phenoxy) is 1. The molecule has 7 heteroatoms. The smallest absolute Gasteiger partial charge is 0.262 e. The van der Waals surface area contributed by atoms with E-state index in [1.54, 1.807) is 24.3 Å². The minimum Gasteiger partial charge on any atom is -0.497 e. The molecular formula is C15H16N2O4S. The number of hydrogen-bond donors (Lipinski definition) is 2. The Morgan fingerprint density at radius 1 is 1.09 bits per heavy atom. The number of rotatable bonds is 5. The Labute approximate surface area is 129 Å². The van der Waals surface area contributed by atoms with Gasteiger partial charge in [0.1, 0.15) is 5.75 Å². The van der Waals surface area contributed by atoms with Gasteiger partial charge in [0.25, 0.3) is 15.9 Å². The summed E-state index contributed by atoms with van der Waals surface area (Å²) < 4.78 is 32.1. The van der Waals surface area contributed by atoms with E-state index in [2.05, 4.69) is 10.0 Å². The first-order valence-corrected chi connectivity index (χ1v) is 7.93. The Kier molecular flexibility index (Phi) is 4.67. The zero-order valence-electron chi connectivity index (χ0n) is 12.2. The van der Waals surface area contributed by atoms with Crippen molar-refractivity contribution in [1.82, 2.24) is 5.32 Å². The van der Waals surface area contributed by atoms with E-state index < -0.39 is 10.0 Å². The number of benzene rings is 2. The third-order valence-electron chi connectivity index (χ3n) is 2.98. The van der Waals surface area contributed by atoms with Crippen molar-refractivity contribution in [2.45, 2.75) is 4.90 Å². The lowest BCUT2D eigenvalue weighted by Crippen LogP contribution is -2.18. The van der Waals surface area contributed by atoms with Gasteiger partial charge >= 0.3 is 0 Å². The van der Waals surface area contributed by atoms with Crippen LogP contribution < -0.4 is 14.8 Å². The maximum atomic E-state index is 12.3. The average Bonchev–Trinajstić information content (AvgIpc) is 2.54. The summed E-state index contributed by atoms with van der Waals surface area (Å²) in [4.78, 5) is 11.5. The maximum Gasteiger partial charge on any atom is 0.262 e. The topological polar surface area (TPSA) is 84.5 Å². The fourth-order valence-corrected chi connectivity index (χ4v) is 2.91. The van der Waals surface area contributed by atoms with Gasteiger partial charge in [-0.05, 0) is 36.4 Å². The van der Waals surface area contributed by atoms with Crippen molar-refractivity contribution in [2.24, 2.45) is 0 Å². The number of anilines is 1. The number of carbonyl (C=O) groups is 1. The largest absolute Gasteiger partial charge is 0.497 e. The summed E-state index contributed by atoms with van der Waals surface area (Å²) in [5, 5.41) is 2.50. The minimum atomic E-state index is -3.72. The summed E-state index contributed by atoms with van der Waals surface area (Å²) >= 11 is 0. The van der Waals surface area contributed by atoms with Crippen LogP contribution in [0.4, 0.5) is 5.69 Å². The van der Waals surface area contributed by atoms with Gasteiger partial charge in [-0.15, -0.1) is 0 Å². The summed E-state index contributed by atoms with van der Waals surface area (Å²) in [6.07, 6.45) is 0. The van der Waals surface area contributed by atoms with Gasteiger partial charge in [-0.3, -0.25) is 9.52 Å². The first kappa shape index (κ1) is 15.8. The lowest BCUT2D eigenvalue weighted by molar-refractivity contribution is 0.0963. The fourth-order valence-electron chi connectivity index (χ4n) is 1.82. The van der Waals surface area contributed by atoms with Gasteiger partial charge < -0.3 is 10.1 Å². The van der Waals surface area contributed by atoms with Crippen LogP contribution in [0.25, 0.3) is 0 Å². The zero-order valence-corrected chi connectivity index (χ0v) is 13.0. The van der Waals surface area contributed by atoms with Gasteiger partial charge in [0.15, 0.2) is 0 Å². The van der Waals surface area contributed by atoms with E-state index in [0.717, 1.165) is 0 Å². The van der Waals surface area contributed by atoms with Crippen molar-refractivity contribution in [3.05, 3.63) is 54.1 Å². The van der Waals surface area contributed by atoms with Crippen molar-refractivity contribution in [3.63, 3.8) is 0 Å². The number of methoxy groups -OCH3 is 1. The first-order valence-electron chi connectivity index (χ1n) is 6.45. The molecule has 2 N–H and O–H groups in total. The van der Waals surface area contributed by atoms with E-state index in [4.69, 9.17) is 4.74 Å². The highest BCUT2D eigenvalue weighted by molar-refractivity contribution is 7.92. The van der Waals surface area contributed by atoms with E-state index in [9.17, 15) is 13.2 Å². The number of hydrogen-bond acceptors (Lipinski definition) is 4. The molecule has 6 nitrogen and oxygen atoms in total. The normalized spacial score (nSPS) is 10.8. The molecule has 0 atom stereocenters. The minimum absolute atomic E-state index is 0.0993. The van der Waals surface area contributed by atoms with Crippen LogP contribution in [0.3, 0.4) is 0 Å². The summed E-state index contributed by atoms with van der Waals surface area (Å²) in [5.41, 5.74) is 0.822. The van der Waals surface area contributed by atoms with E-state index in [1.165, 1.54) is 38.4 Å². The predicted molar refractivity (Wildman–Crippen MR) is 83.6 cm³/mol. The highest BCUT2D eigenvalue weighted by atomic mass is 32.2. The van der Waals surface area contributed by atoms with Crippen LogP contribution in [0, 0.1) is 0 Å². The second kappa shape index (κ2) is 6.48. The van der Waals surface area contributed by atoms with E-state index in [-0.39, 0.29) is 10.8 Å². The van der Waals surface area contributed by atoms with Crippen LogP contribution >= 0.6 is 0 Å². The van der Waals surface area contributed by atoms with Gasteiger partial charge in [0.2, 0.25) is 0 Å². The molecule has 1 amide bonds. The van der Waals surface area contributed by atoms with Crippen LogP contribution in [-0.2, 0) is 10.0 Å². The Morgan fingerprint density at radius 2 is 1.77 bits per heavy atom. The highest BCUT2D eigenvalue weighted by Crippen LogP contribution is 2.20. The number of nitrogens with one attached hydrogen (secondary N) is 2. The molecule has 22 heavy (non-hydrogen) atoms. The highest BCUT2D eigenvalue weighted by Gasteiger charge is 2.15. The predicted octanol–water partition coefficient (Wildman–Crippen LogP) is 1.86. The molecule has 116 valence electrons. The number of amides is 1. The molecule has 2 aromatic carbocycles. The second-order valence-electron chi connectivity index (χ2n) is 4.44. The molecule has 0 aliphatic rings. The molecule has 2 aromatic rings. The zero-order chi connectivity index (χ0) is 16.2. The van der Waals surface area contributed by atoms with E-state index in [1.807, 2.05) is 0 Å². The summed E-state index contributed by atoms with van der Waals surface area (Å²) in [7, 11) is -0.717. The maximum absolute atomic E-state index is 12.3. The Morgan fingerprint density at radius 3 is 2.36 bits per heavy atom.